The van der Waals surface area contributed by atoms with Crippen molar-refractivity contribution in [3.8, 4) is 0 Å². The van der Waals surface area contributed by atoms with Gasteiger partial charge in [0.15, 0.2) is 0 Å². The molecule has 0 aliphatic carbocycles. The van der Waals surface area contributed by atoms with Gasteiger partial charge in [0.1, 0.15) is 5.82 Å². The largest absolute Gasteiger partial charge is 0.331 e. The highest BCUT2D eigenvalue weighted by Gasteiger charge is 2.13. The smallest absolute Gasteiger partial charge is 0.111 e. The summed E-state index contributed by atoms with van der Waals surface area (Å²) in [5.74, 6) is 1.20. The Morgan fingerprint density at radius 3 is 2.67 bits per heavy atom. The van der Waals surface area contributed by atoms with Gasteiger partial charge in [-0.1, -0.05) is 45.2 Å². The number of fused-ring (bicyclic) bond motifs is 1. The molecule has 0 aliphatic rings. The van der Waals surface area contributed by atoms with Gasteiger partial charge in [-0.2, -0.15) is 0 Å². The van der Waals surface area contributed by atoms with Crippen LogP contribution in [0.1, 0.15) is 51.8 Å². The van der Waals surface area contributed by atoms with Gasteiger partial charge in [-0.3, -0.25) is 0 Å². The van der Waals surface area contributed by atoms with Crippen LogP contribution < -0.4 is 5.32 Å². The highest BCUT2D eigenvalue weighted by molar-refractivity contribution is 5.75. The zero-order valence-electron chi connectivity index (χ0n) is 13.7. The number of rotatable bonds is 9. The number of unbranched alkanes of at least 4 members (excludes halogenated alkanes) is 2. The van der Waals surface area contributed by atoms with Crippen molar-refractivity contribution in [2.45, 2.75) is 58.4 Å². The first kappa shape index (κ1) is 16.0. The molecule has 0 spiro atoms. The number of hydrogen-bond donors (Lipinski definition) is 1. The van der Waals surface area contributed by atoms with Crippen LogP contribution >= 0.6 is 0 Å². The molecule has 0 saturated carbocycles. The highest BCUT2D eigenvalue weighted by Crippen LogP contribution is 2.17. The second-order valence-corrected chi connectivity index (χ2v) is 5.93. The number of aryl methyl sites for hydroxylation is 1. The lowest BCUT2D eigenvalue weighted by Crippen LogP contribution is -2.32. The Morgan fingerprint density at radius 2 is 1.95 bits per heavy atom. The van der Waals surface area contributed by atoms with Crippen LogP contribution in [0.2, 0.25) is 0 Å². The van der Waals surface area contributed by atoms with E-state index in [0.29, 0.717) is 6.04 Å². The van der Waals surface area contributed by atoms with Gasteiger partial charge in [0.05, 0.1) is 11.0 Å². The number of aromatic nitrogens is 2. The first-order chi connectivity index (χ1) is 10.3. The zero-order valence-corrected chi connectivity index (χ0v) is 13.7. The Morgan fingerprint density at radius 1 is 1.14 bits per heavy atom. The Balaban J connectivity index is 2.07. The van der Waals surface area contributed by atoms with Crippen LogP contribution in [0, 0.1) is 0 Å². The average Bonchev–Trinajstić information content (AvgIpc) is 2.81. The van der Waals surface area contributed by atoms with Gasteiger partial charge in [0.2, 0.25) is 0 Å². The van der Waals surface area contributed by atoms with Crippen LogP contribution in [0.25, 0.3) is 11.0 Å². The molecule has 0 bridgehead atoms. The van der Waals surface area contributed by atoms with Crippen LogP contribution in [-0.2, 0) is 13.5 Å². The molecule has 1 aromatic heterocycles. The molecule has 21 heavy (non-hydrogen) atoms. The number of nitrogens with zero attached hydrogens (tertiary/aromatic N) is 2. The van der Waals surface area contributed by atoms with Crippen molar-refractivity contribution < 1.29 is 0 Å². The first-order valence-corrected chi connectivity index (χ1v) is 8.40. The molecule has 1 unspecified atom stereocenters. The Kier molecular flexibility index (Phi) is 6.24. The van der Waals surface area contributed by atoms with Crippen LogP contribution in [0.5, 0.6) is 0 Å². The van der Waals surface area contributed by atoms with Gasteiger partial charge in [-0.15, -0.1) is 0 Å². The van der Waals surface area contributed by atoms with Gasteiger partial charge in [0.25, 0.3) is 0 Å². The van der Waals surface area contributed by atoms with E-state index < -0.39 is 0 Å². The third-order valence-electron chi connectivity index (χ3n) is 4.15. The van der Waals surface area contributed by atoms with E-state index in [2.05, 4.69) is 55.0 Å². The Hall–Kier alpha value is -1.35. The van der Waals surface area contributed by atoms with E-state index in [1.807, 2.05) is 0 Å². The summed E-state index contributed by atoms with van der Waals surface area (Å²) in [4.78, 5) is 4.81. The third kappa shape index (κ3) is 4.31. The molecule has 3 heteroatoms. The molecule has 1 atom stereocenters. The van der Waals surface area contributed by atoms with E-state index >= 15 is 0 Å². The van der Waals surface area contributed by atoms with E-state index in [1.165, 1.54) is 43.4 Å². The molecule has 116 valence electrons. The highest BCUT2D eigenvalue weighted by atomic mass is 15.1. The molecule has 1 aromatic carbocycles. The number of hydrogen-bond acceptors (Lipinski definition) is 2. The van der Waals surface area contributed by atoms with Crippen molar-refractivity contribution in [1.29, 1.82) is 0 Å². The van der Waals surface area contributed by atoms with Gasteiger partial charge < -0.3 is 9.88 Å². The van der Waals surface area contributed by atoms with Crippen LogP contribution in [0.4, 0.5) is 0 Å². The second kappa shape index (κ2) is 8.18. The third-order valence-corrected chi connectivity index (χ3v) is 4.15. The topological polar surface area (TPSA) is 29.9 Å². The normalized spacial score (nSPS) is 12.9. The van der Waals surface area contributed by atoms with Crippen LogP contribution in [-0.4, -0.2) is 22.1 Å². The van der Waals surface area contributed by atoms with Crippen LogP contribution in [0.3, 0.4) is 0 Å². The lowest BCUT2D eigenvalue weighted by Gasteiger charge is -2.18. The molecule has 2 aromatic rings. The fourth-order valence-electron chi connectivity index (χ4n) is 2.86. The zero-order chi connectivity index (χ0) is 15.1. The van der Waals surface area contributed by atoms with E-state index in [4.69, 9.17) is 4.98 Å². The van der Waals surface area contributed by atoms with Crippen molar-refractivity contribution in [2.75, 3.05) is 6.54 Å². The lowest BCUT2D eigenvalue weighted by molar-refractivity contribution is 0.446. The number of nitrogens with one attached hydrogen (secondary N) is 1. The molecule has 0 fully saturated rings. The van der Waals surface area contributed by atoms with Gasteiger partial charge >= 0.3 is 0 Å². The SMILES string of the molecule is CCCCCC(Cc1nc2ccccc2n1C)NCCC. The van der Waals surface area contributed by atoms with Crippen LogP contribution in [0.15, 0.2) is 24.3 Å². The second-order valence-electron chi connectivity index (χ2n) is 5.93. The summed E-state index contributed by atoms with van der Waals surface area (Å²) in [5.41, 5.74) is 2.34. The monoisotopic (exact) mass is 287 g/mol. The fraction of sp³-hybridized carbons (Fsp3) is 0.611. The summed E-state index contributed by atoms with van der Waals surface area (Å²) in [6.07, 6.45) is 7.38. The Bertz CT molecular complexity index is 544. The average molecular weight is 287 g/mol. The first-order valence-electron chi connectivity index (χ1n) is 8.40. The summed E-state index contributed by atoms with van der Waals surface area (Å²) < 4.78 is 2.25. The molecule has 0 amide bonds. The fourth-order valence-corrected chi connectivity index (χ4v) is 2.86. The van der Waals surface area contributed by atoms with Crippen molar-refractivity contribution in [3.63, 3.8) is 0 Å². The maximum absolute atomic E-state index is 4.81. The summed E-state index contributed by atoms with van der Waals surface area (Å²) in [6.45, 7) is 5.59. The van der Waals surface area contributed by atoms with Crippen molar-refractivity contribution in [3.05, 3.63) is 30.1 Å². The van der Waals surface area contributed by atoms with Crippen molar-refractivity contribution in [2.24, 2.45) is 7.05 Å². The molecule has 1 heterocycles. The Labute approximate surface area is 128 Å². The summed E-state index contributed by atoms with van der Waals surface area (Å²) >= 11 is 0. The summed E-state index contributed by atoms with van der Waals surface area (Å²) in [6, 6.07) is 8.95. The molecule has 0 aliphatic heterocycles. The minimum absolute atomic E-state index is 0.548. The standard InChI is InChI=1S/C18H29N3/c1-4-6-7-10-15(19-13-5-2)14-18-20-16-11-8-9-12-17(16)21(18)3/h8-9,11-12,15,19H,4-7,10,13-14H2,1-3H3. The maximum Gasteiger partial charge on any atom is 0.111 e. The summed E-state index contributed by atoms with van der Waals surface area (Å²) in [5, 5.41) is 3.70. The van der Waals surface area contributed by atoms with E-state index in [1.54, 1.807) is 0 Å². The predicted molar refractivity (Wildman–Crippen MR) is 90.6 cm³/mol. The molecule has 2 rings (SSSR count). The maximum atomic E-state index is 4.81. The molecule has 3 nitrogen and oxygen atoms in total. The molecule has 0 saturated heterocycles. The van der Waals surface area contributed by atoms with Crippen molar-refractivity contribution >= 4 is 11.0 Å². The molecular weight excluding hydrogens is 258 g/mol. The quantitative estimate of drug-likeness (QED) is 0.705. The summed E-state index contributed by atoms with van der Waals surface area (Å²) in [7, 11) is 2.13. The van der Waals surface area contributed by atoms with Crippen molar-refractivity contribution in [1.82, 2.24) is 14.9 Å². The predicted octanol–water partition coefficient (Wildman–Crippen LogP) is 4.06. The minimum atomic E-state index is 0.548. The molecule has 0 radical (unpaired) electrons. The minimum Gasteiger partial charge on any atom is -0.331 e. The van der Waals surface area contributed by atoms with Gasteiger partial charge in [-0.05, 0) is 31.5 Å². The van der Waals surface area contributed by atoms with E-state index in [9.17, 15) is 0 Å². The van der Waals surface area contributed by atoms with Gasteiger partial charge in [0, 0.05) is 19.5 Å². The van der Waals surface area contributed by atoms with Gasteiger partial charge in [-0.25, -0.2) is 4.98 Å². The van der Waals surface area contributed by atoms with E-state index in [-0.39, 0.29) is 0 Å². The number of imidazole rings is 1. The van der Waals surface area contributed by atoms with E-state index in [0.717, 1.165) is 18.5 Å². The lowest BCUT2D eigenvalue weighted by atomic mass is 10.0. The number of para-hydroxylation sites is 2. The number of benzene rings is 1. The molecule has 1 N–H and O–H groups in total. The molecular formula is C18H29N3.